The lowest BCUT2D eigenvalue weighted by Gasteiger charge is -2.40. The first-order chi connectivity index (χ1) is 35.6. The van der Waals surface area contributed by atoms with Crippen LogP contribution in [0.3, 0.4) is 0 Å². The van der Waals surface area contributed by atoms with Gasteiger partial charge in [0.25, 0.3) is 0 Å². The van der Waals surface area contributed by atoms with Crippen molar-refractivity contribution >= 4 is 23.9 Å². The van der Waals surface area contributed by atoms with E-state index >= 15 is 0 Å². The Kier molecular flexibility index (Phi) is 43.6. The van der Waals surface area contributed by atoms with Gasteiger partial charge in [0.1, 0.15) is 18.8 Å². The van der Waals surface area contributed by atoms with Crippen molar-refractivity contribution in [1.29, 1.82) is 0 Å². The van der Waals surface area contributed by atoms with Gasteiger partial charge in [0, 0.05) is 19.3 Å². The van der Waals surface area contributed by atoms with Crippen LogP contribution in [0.25, 0.3) is 0 Å². The molecular weight excluding hydrogens is 925 g/mol. The van der Waals surface area contributed by atoms with Crippen LogP contribution in [0.15, 0.2) is 122 Å². The van der Waals surface area contributed by atoms with Crippen molar-refractivity contribution in [3.05, 3.63) is 122 Å². The molecule has 1 heterocycles. The Morgan fingerprint density at radius 2 is 0.822 bits per heavy atom. The van der Waals surface area contributed by atoms with Gasteiger partial charge in [0.2, 0.25) is 0 Å². The summed E-state index contributed by atoms with van der Waals surface area (Å²) < 4.78 is 28.3. The normalized spacial score (nSPS) is 19.3. The van der Waals surface area contributed by atoms with Crippen molar-refractivity contribution in [3.8, 4) is 0 Å². The van der Waals surface area contributed by atoms with Gasteiger partial charge in [-0.15, -0.1) is 0 Å². The molecule has 0 aromatic rings. The highest BCUT2D eigenvalue weighted by Gasteiger charge is 2.50. The van der Waals surface area contributed by atoms with Crippen molar-refractivity contribution in [2.45, 2.75) is 225 Å². The molecule has 73 heavy (non-hydrogen) atoms. The molecule has 1 aliphatic heterocycles. The quantitative estimate of drug-likeness (QED) is 0.0228. The number of rotatable bonds is 44. The predicted octanol–water partition coefficient (Wildman–Crippen LogP) is 13.7. The van der Waals surface area contributed by atoms with E-state index in [1.54, 1.807) is 0 Å². The van der Waals surface area contributed by atoms with E-state index in [0.29, 0.717) is 19.3 Å². The number of hydrogen-bond acceptors (Lipinski definition) is 11. The second-order valence-electron chi connectivity index (χ2n) is 18.1. The molecule has 12 heteroatoms. The van der Waals surface area contributed by atoms with E-state index in [9.17, 15) is 34.5 Å². The number of carboxylic acid groups (broad SMARTS) is 1. The predicted molar refractivity (Wildman–Crippen MR) is 293 cm³/mol. The third-order valence-electron chi connectivity index (χ3n) is 11.5. The average Bonchev–Trinajstić information content (AvgIpc) is 3.37. The average molecular weight is 1020 g/mol. The summed E-state index contributed by atoms with van der Waals surface area (Å²) in [6.07, 6.45) is 53.2. The van der Waals surface area contributed by atoms with E-state index in [2.05, 4.69) is 142 Å². The van der Waals surface area contributed by atoms with E-state index in [0.717, 1.165) is 128 Å². The second kappa shape index (κ2) is 48.1. The number of unbranched alkanes of at least 4 members (excludes halogenated alkanes) is 10. The number of aliphatic hydroxyl groups is 2. The van der Waals surface area contributed by atoms with Gasteiger partial charge in [-0.25, -0.2) is 4.79 Å². The molecule has 0 aromatic heterocycles. The molecule has 0 aliphatic carbocycles. The molecule has 410 valence electrons. The Morgan fingerprint density at radius 1 is 0.452 bits per heavy atom. The number of allylic oxidation sites excluding steroid dienone is 20. The minimum Gasteiger partial charge on any atom is -0.479 e. The highest BCUT2D eigenvalue weighted by molar-refractivity contribution is 5.74. The van der Waals surface area contributed by atoms with E-state index in [4.69, 9.17) is 23.7 Å². The minimum absolute atomic E-state index is 0.0263. The Labute approximate surface area is 439 Å². The van der Waals surface area contributed by atoms with Crippen LogP contribution < -0.4 is 0 Å². The van der Waals surface area contributed by atoms with Crippen LogP contribution in [-0.4, -0.2) is 89.2 Å². The number of aliphatic hydroxyl groups excluding tert-OH is 2. The fraction of sp³-hybridized carbons (Fsp3) is 0.607. The molecular formula is C61H94O12. The first-order valence-corrected chi connectivity index (χ1v) is 27.5. The summed E-state index contributed by atoms with van der Waals surface area (Å²) in [4.78, 5) is 51.0. The first-order valence-electron chi connectivity index (χ1n) is 27.5. The molecule has 0 radical (unpaired) electrons. The number of ether oxygens (including phenoxy) is 5. The third-order valence-corrected chi connectivity index (χ3v) is 11.5. The summed E-state index contributed by atoms with van der Waals surface area (Å²) in [6, 6.07) is 0. The molecule has 1 rings (SSSR count). The van der Waals surface area contributed by atoms with Crippen LogP contribution in [0.4, 0.5) is 0 Å². The smallest absolute Gasteiger partial charge is 0.335 e. The van der Waals surface area contributed by atoms with Gasteiger partial charge < -0.3 is 39.0 Å². The maximum atomic E-state index is 13.1. The molecule has 0 spiro atoms. The van der Waals surface area contributed by atoms with E-state index in [1.165, 1.54) is 0 Å². The monoisotopic (exact) mass is 1020 g/mol. The lowest BCUT2D eigenvalue weighted by molar-refractivity contribution is -0.301. The van der Waals surface area contributed by atoms with Crippen molar-refractivity contribution in [1.82, 2.24) is 0 Å². The van der Waals surface area contributed by atoms with Gasteiger partial charge in [0.05, 0.1) is 6.61 Å². The maximum absolute atomic E-state index is 13.1. The molecule has 0 amide bonds. The summed E-state index contributed by atoms with van der Waals surface area (Å²) in [5, 5.41) is 31.4. The number of carbonyl (C=O) groups excluding carboxylic acids is 3. The van der Waals surface area contributed by atoms with Crippen molar-refractivity contribution in [2.24, 2.45) is 0 Å². The molecule has 0 bridgehead atoms. The van der Waals surface area contributed by atoms with Crippen LogP contribution in [0.5, 0.6) is 0 Å². The van der Waals surface area contributed by atoms with Gasteiger partial charge in [-0.05, 0) is 122 Å². The zero-order valence-corrected chi connectivity index (χ0v) is 44.8. The number of hydrogen-bond donors (Lipinski definition) is 3. The molecule has 3 N–H and O–H groups in total. The van der Waals surface area contributed by atoms with Crippen LogP contribution in [0.2, 0.25) is 0 Å². The molecule has 1 fully saturated rings. The van der Waals surface area contributed by atoms with Gasteiger partial charge in [-0.2, -0.15) is 0 Å². The highest BCUT2D eigenvalue weighted by atomic mass is 16.7. The minimum atomic E-state index is -1.93. The van der Waals surface area contributed by atoms with Gasteiger partial charge in [-0.3, -0.25) is 14.4 Å². The highest BCUT2D eigenvalue weighted by Crippen LogP contribution is 2.26. The first kappa shape index (κ1) is 66.1. The van der Waals surface area contributed by atoms with E-state index in [1.807, 2.05) is 0 Å². The van der Waals surface area contributed by atoms with Crippen molar-refractivity contribution in [2.75, 3.05) is 13.2 Å². The Balaban J connectivity index is 2.78. The molecule has 0 aromatic carbocycles. The lowest BCUT2D eigenvalue weighted by Crippen LogP contribution is -2.61. The molecule has 6 atom stereocenters. The van der Waals surface area contributed by atoms with Crippen LogP contribution in [0, 0.1) is 0 Å². The third kappa shape index (κ3) is 38.4. The van der Waals surface area contributed by atoms with Crippen LogP contribution in [0.1, 0.15) is 188 Å². The van der Waals surface area contributed by atoms with Gasteiger partial charge in [-0.1, -0.05) is 168 Å². The fourth-order valence-corrected chi connectivity index (χ4v) is 7.38. The zero-order chi connectivity index (χ0) is 53.3. The Hall–Kier alpha value is -4.88. The summed E-state index contributed by atoms with van der Waals surface area (Å²) >= 11 is 0. The second-order valence-corrected chi connectivity index (χ2v) is 18.1. The largest absolute Gasteiger partial charge is 0.479 e. The molecule has 12 nitrogen and oxygen atoms in total. The number of carboxylic acids is 1. The van der Waals surface area contributed by atoms with E-state index in [-0.39, 0.29) is 25.9 Å². The SMILES string of the molecule is CC/C=C\C/C=C\C/C=C\C/C=C\CCCCC(=O)OCC(COC1OC(C(=O)O)C(O)C(O)C1OC(=O)CCCCCCC/C=C\C/C=C\C/C=C\CC)OC(=O)CCCCC/C=C\C/C=C\C/C=C\CC. The molecule has 0 saturated carbocycles. The summed E-state index contributed by atoms with van der Waals surface area (Å²) in [5.74, 6) is -3.26. The summed E-state index contributed by atoms with van der Waals surface area (Å²) in [6.45, 7) is 5.55. The van der Waals surface area contributed by atoms with Crippen LogP contribution >= 0.6 is 0 Å². The number of esters is 3. The van der Waals surface area contributed by atoms with Gasteiger partial charge in [0.15, 0.2) is 24.6 Å². The lowest BCUT2D eigenvalue weighted by atomic mass is 9.98. The van der Waals surface area contributed by atoms with Crippen molar-refractivity contribution < 1.29 is 58.2 Å². The Bertz CT molecular complexity index is 1730. The summed E-state index contributed by atoms with van der Waals surface area (Å²) in [5.41, 5.74) is 0. The van der Waals surface area contributed by atoms with E-state index < -0.39 is 67.3 Å². The molecule has 1 aliphatic rings. The molecule has 1 saturated heterocycles. The molecule has 6 unspecified atom stereocenters. The van der Waals surface area contributed by atoms with Gasteiger partial charge >= 0.3 is 23.9 Å². The standard InChI is InChI=1S/C61H94O12/c1-4-7-10-13-16-19-22-25-27-30-32-35-38-41-44-47-53(62)69-50-52(71-54(63)48-45-42-39-36-33-29-24-21-18-15-12-9-6-3)51-70-61-59(57(66)56(65)58(73-61)60(67)68)72-55(64)49-46-43-40-37-34-31-28-26-23-20-17-14-11-8-5-2/h7-12,16-21,25-29,32-33,35,52,56-59,61,65-66H,4-6,13-15,22-24,30-31,34,36-51H2,1-3H3,(H,67,68)/b10-7-,11-8-,12-9-,19-16-,20-17-,21-18-,27-25-,28-26-,33-29-,35-32-. The maximum Gasteiger partial charge on any atom is 0.335 e. The van der Waals surface area contributed by atoms with Crippen LogP contribution in [-0.2, 0) is 42.9 Å². The summed E-state index contributed by atoms with van der Waals surface area (Å²) in [7, 11) is 0. The van der Waals surface area contributed by atoms with Crippen molar-refractivity contribution in [3.63, 3.8) is 0 Å². The number of aliphatic carboxylic acids is 1. The zero-order valence-electron chi connectivity index (χ0n) is 44.8. The fourth-order valence-electron chi connectivity index (χ4n) is 7.38. The number of carbonyl (C=O) groups is 4. The Morgan fingerprint density at radius 3 is 1.29 bits per heavy atom. The topological polar surface area (TPSA) is 175 Å².